The Morgan fingerprint density at radius 3 is 2.27 bits per heavy atom. The van der Waals surface area contributed by atoms with E-state index in [1.165, 1.54) is 7.11 Å². The van der Waals surface area contributed by atoms with Crippen molar-refractivity contribution in [2.45, 2.75) is 52.2 Å². The molecule has 2 N–H and O–H groups in total. The highest BCUT2D eigenvalue weighted by Gasteiger charge is 2.50. The molecule has 6 nitrogen and oxygen atoms in total. The first-order valence-electron chi connectivity index (χ1n) is 7.87. The Morgan fingerprint density at radius 1 is 1.32 bits per heavy atom. The fraction of sp³-hybridized carbons (Fsp3) is 0.933. The molecule has 0 saturated heterocycles. The molecule has 1 aliphatic carbocycles. The SMILES string of the molecule is CCC(CC)C(N)[C@@H]1[C@H](OS(C)(=O)=O)[C@@H](C(=O)OC)C[C@H]1C. The molecule has 22 heavy (non-hydrogen) atoms. The third-order valence-corrected chi connectivity index (χ3v) is 5.46. The Morgan fingerprint density at radius 2 is 1.86 bits per heavy atom. The predicted octanol–water partition coefficient (Wildman–Crippen LogP) is 1.54. The van der Waals surface area contributed by atoms with Crippen LogP contribution in [0.25, 0.3) is 0 Å². The van der Waals surface area contributed by atoms with Gasteiger partial charge in [-0.15, -0.1) is 0 Å². The summed E-state index contributed by atoms with van der Waals surface area (Å²) < 4.78 is 33.3. The summed E-state index contributed by atoms with van der Waals surface area (Å²) in [7, 11) is -2.37. The van der Waals surface area contributed by atoms with E-state index in [0.717, 1.165) is 19.1 Å². The molecule has 130 valence electrons. The van der Waals surface area contributed by atoms with Gasteiger partial charge in [-0.05, 0) is 18.3 Å². The molecular formula is C15H29NO5S. The minimum absolute atomic E-state index is 0.103. The Labute approximate surface area is 133 Å². The molecule has 1 rings (SSSR count). The van der Waals surface area contributed by atoms with Crippen LogP contribution in [0.3, 0.4) is 0 Å². The number of ether oxygens (including phenoxy) is 1. The Hall–Kier alpha value is -0.660. The van der Waals surface area contributed by atoms with Crippen LogP contribution in [0.1, 0.15) is 40.0 Å². The van der Waals surface area contributed by atoms with Gasteiger partial charge < -0.3 is 10.5 Å². The molecular weight excluding hydrogens is 306 g/mol. The molecule has 1 unspecified atom stereocenters. The lowest BCUT2D eigenvalue weighted by atomic mass is 9.79. The summed E-state index contributed by atoms with van der Waals surface area (Å²) >= 11 is 0. The van der Waals surface area contributed by atoms with Crippen LogP contribution in [-0.2, 0) is 23.8 Å². The number of hydrogen-bond donors (Lipinski definition) is 1. The van der Waals surface area contributed by atoms with E-state index in [2.05, 4.69) is 13.8 Å². The van der Waals surface area contributed by atoms with Crippen LogP contribution >= 0.6 is 0 Å². The lowest BCUT2D eigenvalue weighted by Crippen LogP contribution is -2.46. The van der Waals surface area contributed by atoms with E-state index in [1.54, 1.807) is 0 Å². The zero-order valence-corrected chi connectivity index (χ0v) is 14.9. The predicted molar refractivity (Wildman–Crippen MR) is 84.5 cm³/mol. The van der Waals surface area contributed by atoms with Crippen LogP contribution in [0, 0.1) is 23.7 Å². The molecule has 1 saturated carbocycles. The molecule has 7 heteroatoms. The van der Waals surface area contributed by atoms with Crippen LogP contribution in [0.4, 0.5) is 0 Å². The second kappa shape index (κ2) is 7.75. The summed E-state index contributed by atoms with van der Waals surface area (Å²) in [6.45, 7) is 6.13. The van der Waals surface area contributed by atoms with E-state index in [9.17, 15) is 13.2 Å². The van der Waals surface area contributed by atoms with Gasteiger partial charge in [0.2, 0.25) is 0 Å². The fourth-order valence-electron chi connectivity index (χ4n) is 3.74. The number of hydrogen-bond acceptors (Lipinski definition) is 6. The first-order valence-corrected chi connectivity index (χ1v) is 9.69. The van der Waals surface area contributed by atoms with Gasteiger partial charge >= 0.3 is 5.97 Å². The van der Waals surface area contributed by atoms with Gasteiger partial charge in [0, 0.05) is 12.0 Å². The highest BCUT2D eigenvalue weighted by atomic mass is 32.2. The Kier molecular flexibility index (Phi) is 6.83. The third-order valence-electron chi connectivity index (χ3n) is 4.89. The summed E-state index contributed by atoms with van der Waals surface area (Å²) in [6, 6.07) is -0.202. The molecule has 0 bridgehead atoms. The largest absolute Gasteiger partial charge is 0.469 e. The maximum atomic E-state index is 12.0. The van der Waals surface area contributed by atoms with E-state index < -0.39 is 28.1 Å². The van der Waals surface area contributed by atoms with Crippen molar-refractivity contribution >= 4 is 16.1 Å². The van der Waals surface area contributed by atoms with Crippen molar-refractivity contribution in [1.82, 2.24) is 0 Å². The molecule has 5 atom stereocenters. The summed E-state index contributed by atoms with van der Waals surface area (Å²) in [4.78, 5) is 12.0. The molecule has 0 heterocycles. The van der Waals surface area contributed by atoms with E-state index in [0.29, 0.717) is 6.42 Å². The van der Waals surface area contributed by atoms with Gasteiger partial charge in [-0.25, -0.2) is 0 Å². The van der Waals surface area contributed by atoms with Gasteiger partial charge in [0.25, 0.3) is 10.1 Å². The maximum Gasteiger partial charge on any atom is 0.311 e. The topological polar surface area (TPSA) is 95.7 Å². The zero-order valence-electron chi connectivity index (χ0n) is 14.1. The van der Waals surface area contributed by atoms with Crippen LogP contribution in [-0.4, -0.2) is 39.9 Å². The van der Waals surface area contributed by atoms with Crippen LogP contribution in [0.15, 0.2) is 0 Å². The van der Waals surface area contributed by atoms with Crippen molar-refractivity contribution in [3.63, 3.8) is 0 Å². The first-order chi connectivity index (χ1) is 10.2. The average molecular weight is 335 g/mol. The number of carbonyl (C=O) groups excluding carboxylic acids is 1. The quantitative estimate of drug-likeness (QED) is 0.560. The molecule has 0 aromatic carbocycles. The van der Waals surface area contributed by atoms with E-state index in [1.807, 2.05) is 6.92 Å². The van der Waals surface area contributed by atoms with Crippen molar-refractivity contribution in [2.24, 2.45) is 29.4 Å². The molecule has 0 aromatic heterocycles. The highest BCUT2D eigenvalue weighted by molar-refractivity contribution is 7.86. The van der Waals surface area contributed by atoms with Crippen molar-refractivity contribution in [3.05, 3.63) is 0 Å². The van der Waals surface area contributed by atoms with Gasteiger partial charge in [0.1, 0.15) is 0 Å². The lowest BCUT2D eigenvalue weighted by molar-refractivity contribution is -0.148. The van der Waals surface area contributed by atoms with Gasteiger partial charge in [-0.2, -0.15) is 8.42 Å². The Bertz CT molecular complexity index is 474. The summed E-state index contributed by atoms with van der Waals surface area (Å²) in [6.07, 6.45) is 2.62. The Balaban J connectivity index is 3.12. The number of rotatable bonds is 7. The second-order valence-corrected chi connectivity index (χ2v) is 7.94. The standard InChI is InChI=1S/C15H29NO5S/c1-6-10(7-2)13(16)12-9(3)8-11(15(17)20-4)14(12)21-22(5,18)19/h9-14H,6-8,16H2,1-5H3/t9-,11+,12-,13?,14-/m1/s1. The number of nitrogens with two attached hydrogens (primary N) is 1. The minimum atomic E-state index is -3.67. The van der Waals surface area contributed by atoms with Gasteiger partial charge in [-0.1, -0.05) is 33.6 Å². The maximum absolute atomic E-state index is 12.0. The second-order valence-electron chi connectivity index (χ2n) is 6.34. The summed E-state index contributed by atoms with van der Waals surface area (Å²) in [5, 5.41) is 0. The summed E-state index contributed by atoms with van der Waals surface area (Å²) in [5.74, 6) is -0.815. The normalized spacial score (nSPS) is 30.5. The first kappa shape index (κ1) is 19.4. The number of esters is 1. The molecule has 0 spiro atoms. The minimum Gasteiger partial charge on any atom is -0.469 e. The van der Waals surface area contributed by atoms with Gasteiger partial charge in [-0.3, -0.25) is 8.98 Å². The smallest absolute Gasteiger partial charge is 0.311 e. The van der Waals surface area contributed by atoms with Crippen molar-refractivity contribution in [2.75, 3.05) is 13.4 Å². The highest BCUT2D eigenvalue weighted by Crippen LogP contribution is 2.43. The van der Waals surface area contributed by atoms with Crippen molar-refractivity contribution < 1.29 is 22.1 Å². The molecule has 0 aliphatic heterocycles. The van der Waals surface area contributed by atoms with Gasteiger partial charge in [0.15, 0.2) is 0 Å². The molecule has 0 aromatic rings. The molecule has 1 aliphatic rings. The number of carbonyl (C=O) groups is 1. The molecule has 1 fully saturated rings. The zero-order chi connectivity index (χ0) is 17.1. The van der Waals surface area contributed by atoms with Crippen molar-refractivity contribution in [1.29, 1.82) is 0 Å². The lowest BCUT2D eigenvalue weighted by Gasteiger charge is -2.33. The van der Waals surface area contributed by atoms with E-state index in [-0.39, 0.29) is 23.8 Å². The fourth-order valence-corrected chi connectivity index (χ4v) is 4.41. The number of methoxy groups -OCH3 is 1. The van der Waals surface area contributed by atoms with Crippen LogP contribution < -0.4 is 5.73 Å². The van der Waals surface area contributed by atoms with Crippen LogP contribution in [0.2, 0.25) is 0 Å². The van der Waals surface area contributed by atoms with Crippen molar-refractivity contribution in [3.8, 4) is 0 Å². The average Bonchev–Trinajstić information content (AvgIpc) is 2.73. The monoisotopic (exact) mass is 335 g/mol. The van der Waals surface area contributed by atoms with E-state index in [4.69, 9.17) is 14.7 Å². The molecule has 0 amide bonds. The third kappa shape index (κ3) is 4.43. The molecule has 0 radical (unpaired) electrons. The van der Waals surface area contributed by atoms with E-state index >= 15 is 0 Å². The van der Waals surface area contributed by atoms with Crippen LogP contribution in [0.5, 0.6) is 0 Å². The van der Waals surface area contributed by atoms with Gasteiger partial charge in [0.05, 0.1) is 25.4 Å². The summed E-state index contributed by atoms with van der Waals surface area (Å²) in [5.41, 5.74) is 6.42.